The maximum Gasteiger partial charge on any atom is 0.147 e. The molecule has 0 bridgehead atoms. The van der Waals surface area contributed by atoms with Crippen molar-refractivity contribution >= 4 is 11.3 Å². The zero-order chi connectivity index (χ0) is 13.9. The molecular weight excluding hydrogens is 270 g/mol. The Morgan fingerprint density at radius 3 is 3.00 bits per heavy atom. The lowest BCUT2D eigenvalue weighted by Gasteiger charge is -2.32. The summed E-state index contributed by atoms with van der Waals surface area (Å²) in [7, 11) is 0. The van der Waals surface area contributed by atoms with E-state index in [4.69, 9.17) is 0 Å². The third kappa shape index (κ3) is 3.24. The van der Waals surface area contributed by atoms with Gasteiger partial charge in [0.25, 0.3) is 0 Å². The van der Waals surface area contributed by atoms with Crippen molar-refractivity contribution in [3.63, 3.8) is 0 Å². The molecule has 0 aromatic carbocycles. The Labute approximate surface area is 123 Å². The average molecular weight is 291 g/mol. The van der Waals surface area contributed by atoms with Gasteiger partial charge in [-0.25, -0.2) is 14.6 Å². The topological polar surface area (TPSA) is 46.8 Å². The largest absolute Gasteiger partial charge is 0.297 e. The van der Waals surface area contributed by atoms with Crippen LogP contribution >= 0.6 is 11.3 Å². The Balaban J connectivity index is 1.59. The van der Waals surface area contributed by atoms with Gasteiger partial charge >= 0.3 is 0 Å². The third-order valence-electron chi connectivity index (χ3n) is 3.87. The molecule has 1 atom stereocenters. The standard InChI is InChI=1S/C14H21N5S/c1-11-16-12(2)19(17-11)7-13-4-3-5-18(6-13)8-14-9-20-10-15-14/h9-10,13H,3-8H2,1-2H3/t13-/m0/s1. The molecule has 2 aromatic rings. The molecule has 0 N–H and O–H groups in total. The number of hydrogen-bond acceptors (Lipinski definition) is 5. The van der Waals surface area contributed by atoms with Crippen LogP contribution in [0.4, 0.5) is 0 Å². The summed E-state index contributed by atoms with van der Waals surface area (Å²) in [6, 6.07) is 0. The number of hydrogen-bond donors (Lipinski definition) is 0. The van der Waals surface area contributed by atoms with Crippen LogP contribution in [0.2, 0.25) is 0 Å². The van der Waals surface area contributed by atoms with E-state index in [2.05, 4.69) is 30.0 Å². The number of likely N-dealkylation sites (tertiary alicyclic amines) is 1. The molecule has 1 aliphatic heterocycles. The predicted molar refractivity (Wildman–Crippen MR) is 79.6 cm³/mol. The summed E-state index contributed by atoms with van der Waals surface area (Å²) in [4.78, 5) is 11.3. The normalized spacial score (nSPS) is 20.4. The van der Waals surface area contributed by atoms with Crippen LogP contribution in [-0.2, 0) is 13.1 Å². The van der Waals surface area contributed by atoms with Crippen molar-refractivity contribution in [1.29, 1.82) is 0 Å². The van der Waals surface area contributed by atoms with E-state index in [1.54, 1.807) is 11.3 Å². The number of rotatable bonds is 4. The van der Waals surface area contributed by atoms with E-state index in [9.17, 15) is 0 Å². The molecule has 2 aromatic heterocycles. The van der Waals surface area contributed by atoms with E-state index in [0.717, 1.165) is 31.3 Å². The minimum atomic E-state index is 0.669. The molecule has 3 heterocycles. The molecule has 0 amide bonds. The average Bonchev–Trinajstić information content (AvgIpc) is 3.01. The van der Waals surface area contributed by atoms with Crippen molar-refractivity contribution in [2.24, 2.45) is 5.92 Å². The third-order valence-corrected chi connectivity index (χ3v) is 4.50. The molecular formula is C14H21N5S. The molecule has 108 valence electrons. The van der Waals surface area contributed by atoms with E-state index < -0.39 is 0 Å². The summed E-state index contributed by atoms with van der Waals surface area (Å²) in [5, 5.41) is 6.63. The molecule has 0 unspecified atom stereocenters. The molecule has 1 fully saturated rings. The second-order valence-electron chi connectivity index (χ2n) is 5.61. The first-order valence-corrected chi connectivity index (χ1v) is 8.12. The summed E-state index contributed by atoms with van der Waals surface area (Å²) in [5.41, 5.74) is 3.11. The van der Waals surface area contributed by atoms with E-state index in [1.165, 1.54) is 25.1 Å². The van der Waals surface area contributed by atoms with Gasteiger partial charge in [0, 0.05) is 25.0 Å². The highest BCUT2D eigenvalue weighted by Crippen LogP contribution is 2.20. The van der Waals surface area contributed by atoms with Crippen LogP contribution in [0.15, 0.2) is 10.9 Å². The van der Waals surface area contributed by atoms with Gasteiger partial charge in [-0.05, 0) is 39.2 Å². The first kappa shape index (κ1) is 13.7. The molecule has 1 saturated heterocycles. The van der Waals surface area contributed by atoms with Crippen LogP contribution in [0.25, 0.3) is 0 Å². The Morgan fingerprint density at radius 2 is 2.30 bits per heavy atom. The highest BCUT2D eigenvalue weighted by molar-refractivity contribution is 7.07. The first-order valence-electron chi connectivity index (χ1n) is 7.18. The van der Waals surface area contributed by atoms with Gasteiger partial charge in [-0.2, -0.15) is 5.10 Å². The van der Waals surface area contributed by atoms with Crippen molar-refractivity contribution in [2.75, 3.05) is 13.1 Å². The smallest absolute Gasteiger partial charge is 0.147 e. The number of aryl methyl sites for hydroxylation is 2. The Kier molecular flexibility index (Phi) is 4.12. The maximum absolute atomic E-state index is 4.48. The fourth-order valence-corrected chi connectivity index (χ4v) is 3.52. The minimum Gasteiger partial charge on any atom is -0.297 e. The first-order chi connectivity index (χ1) is 9.70. The maximum atomic E-state index is 4.48. The minimum absolute atomic E-state index is 0.669. The number of thiazole rings is 1. The van der Waals surface area contributed by atoms with Crippen LogP contribution in [0, 0.1) is 19.8 Å². The molecule has 0 radical (unpaired) electrons. The summed E-state index contributed by atoms with van der Waals surface area (Å²) in [6.07, 6.45) is 2.55. The fourth-order valence-electron chi connectivity index (χ4n) is 2.97. The van der Waals surface area contributed by atoms with Gasteiger partial charge in [0.2, 0.25) is 0 Å². The van der Waals surface area contributed by atoms with Gasteiger partial charge < -0.3 is 0 Å². The number of aromatic nitrogens is 4. The van der Waals surface area contributed by atoms with E-state index in [0.29, 0.717) is 5.92 Å². The van der Waals surface area contributed by atoms with Crippen molar-refractivity contribution in [1.82, 2.24) is 24.6 Å². The van der Waals surface area contributed by atoms with E-state index in [-0.39, 0.29) is 0 Å². The molecule has 0 spiro atoms. The summed E-state index contributed by atoms with van der Waals surface area (Å²) in [5.74, 6) is 2.57. The van der Waals surface area contributed by atoms with Crippen LogP contribution in [-0.4, -0.2) is 37.7 Å². The van der Waals surface area contributed by atoms with Crippen LogP contribution in [0.5, 0.6) is 0 Å². The van der Waals surface area contributed by atoms with Gasteiger partial charge in [0.05, 0.1) is 11.2 Å². The Morgan fingerprint density at radius 1 is 1.40 bits per heavy atom. The van der Waals surface area contributed by atoms with Gasteiger partial charge in [-0.3, -0.25) is 4.90 Å². The van der Waals surface area contributed by atoms with Crippen molar-refractivity contribution in [3.05, 3.63) is 28.2 Å². The second kappa shape index (κ2) is 6.01. The Bertz CT molecular complexity index is 548. The Hall–Kier alpha value is -1.27. The summed E-state index contributed by atoms with van der Waals surface area (Å²) < 4.78 is 2.06. The van der Waals surface area contributed by atoms with Gasteiger partial charge in [-0.1, -0.05) is 0 Å². The van der Waals surface area contributed by atoms with Gasteiger partial charge in [0.1, 0.15) is 11.6 Å². The van der Waals surface area contributed by atoms with E-state index >= 15 is 0 Å². The summed E-state index contributed by atoms with van der Waals surface area (Å²) in [6.45, 7) is 8.28. The van der Waals surface area contributed by atoms with Crippen molar-refractivity contribution < 1.29 is 0 Å². The molecule has 20 heavy (non-hydrogen) atoms. The number of nitrogens with zero attached hydrogens (tertiary/aromatic N) is 5. The SMILES string of the molecule is Cc1nc(C)n(C[C@H]2CCCN(Cc3cscn3)C2)n1. The highest BCUT2D eigenvalue weighted by Gasteiger charge is 2.21. The van der Waals surface area contributed by atoms with Crippen LogP contribution in [0.3, 0.4) is 0 Å². The molecule has 3 rings (SSSR count). The predicted octanol–water partition coefficient (Wildman–Crippen LogP) is 2.26. The zero-order valence-electron chi connectivity index (χ0n) is 12.1. The van der Waals surface area contributed by atoms with Crippen LogP contribution < -0.4 is 0 Å². The quantitative estimate of drug-likeness (QED) is 0.867. The fraction of sp³-hybridized carbons (Fsp3) is 0.643. The van der Waals surface area contributed by atoms with Gasteiger partial charge in [-0.15, -0.1) is 11.3 Å². The molecule has 5 nitrogen and oxygen atoms in total. The number of piperidine rings is 1. The summed E-state index contributed by atoms with van der Waals surface area (Å²) >= 11 is 1.68. The molecule has 1 aliphatic rings. The van der Waals surface area contributed by atoms with Crippen molar-refractivity contribution in [3.8, 4) is 0 Å². The lowest BCUT2D eigenvalue weighted by molar-refractivity contribution is 0.151. The monoisotopic (exact) mass is 291 g/mol. The molecule has 6 heteroatoms. The van der Waals surface area contributed by atoms with E-state index in [1.807, 2.05) is 19.4 Å². The lowest BCUT2D eigenvalue weighted by atomic mass is 9.98. The van der Waals surface area contributed by atoms with Crippen LogP contribution in [0.1, 0.15) is 30.2 Å². The molecule has 0 saturated carbocycles. The van der Waals surface area contributed by atoms with Crippen molar-refractivity contribution in [2.45, 2.75) is 39.8 Å². The second-order valence-corrected chi connectivity index (χ2v) is 6.33. The lowest BCUT2D eigenvalue weighted by Crippen LogP contribution is -2.36. The van der Waals surface area contributed by atoms with Gasteiger partial charge in [0.15, 0.2) is 0 Å². The molecule has 0 aliphatic carbocycles. The highest BCUT2D eigenvalue weighted by atomic mass is 32.1. The zero-order valence-corrected chi connectivity index (χ0v) is 12.9.